The third-order valence-electron chi connectivity index (χ3n) is 3.41. The molecule has 1 fully saturated rings. The largest absolute Gasteiger partial charge is 0.379 e. The van der Waals surface area contributed by atoms with Gasteiger partial charge in [0.1, 0.15) is 0 Å². The Balaban J connectivity index is 0.00000441. The average molecular weight is 427 g/mol. The van der Waals surface area contributed by atoms with Crippen LogP contribution in [0.2, 0.25) is 0 Å². The molecule has 5 nitrogen and oxygen atoms in total. The van der Waals surface area contributed by atoms with E-state index in [9.17, 15) is 0 Å². The summed E-state index contributed by atoms with van der Waals surface area (Å²) >= 11 is 0. The van der Waals surface area contributed by atoms with Gasteiger partial charge in [0.05, 0.1) is 12.7 Å². The maximum atomic E-state index is 5.73. The molecule has 6 heteroatoms. The number of aliphatic imine (C=N–C) groups is 1. The number of ether oxygens (including phenoxy) is 2. The van der Waals surface area contributed by atoms with Crippen molar-refractivity contribution in [3.05, 3.63) is 0 Å². The van der Waals surface area contributed by atoms with E-state index in [-0.39, 0.29) is 24.0 Å². The van der Waals surface area contributed by atoms with Gasteiger partial charge >= 0.3 is 0 Å². The van der Waals surface area contributed by atoms with Gasteiger partial charge in [-0.1, -0.05) is 13.8 Å². The first kappa shape index (κ1) is 21.9. The molecule has 0 spiro atoms. The molecule has 0 aromatic carbocycles. The summed E-state index contributed by atoms with van der Waals surface area (Å²) in [6, 6.07) is 0. The molecule has 0 aromatic heterocycles. The minimum Gasteiger partial charge on any atom is -0.379 e. The summed E-state index contributed by atoms with van der Waals surface area (Å²) in [6.07, 6.45) is 4.73. The highest BCUT2D eigenvalue weighted by Crippen LogP contribution is 2.08. The van der Waals surface area contributed by atoms with Gasteiger partial charge in [-0.05, 0) is 38.5 Å². The van der Waals surface area contributed by atoms with Gasteiger partial charge in [-0.25, -0.2) is 0 Å². The number of rotatable bonds is 10. The van der Waals surface area contributed by atoms with Crippen molar-refractivity contribution in [1.29, 1.82) is 0 Å². The van der Waals surface area contributed by atoms with Crippen molar-refractivity contribution in [3.8, 4) is 0 Å². The molecule has 0 saturated carbocycles. The van der Waals surface area contributed by atoms with Crippen molar-refractivity contribution < 1.29 is 9.47 Å². The smallest absolute Gasteiger partial charge is 0.191 e. The van der Waals surface area contributed by atoms with Crippen LogP contribution in [0, 0.1) is 5.92 Å². The Bertz CT molecular complexity index is 283. The van der Waals surface area contributed by atoms with E-state index >= 15 is 0 Å². The van der Waals surface area contributed by atoms with Crippen LogP contribution in [0.3, 0.4) is 0 Å². The van der Waals surface area contributed by atoms with Crippen LogP contribution < -0.4 is 10.6 Å². The highest BCUT2D eigenvalue weighted by atomic mass is 127. The monoisotopic (exact) mass is 427 g/mol. The summed E-state index contributed by atoms with van der Waals surface area (Å²) in [7, 11) is 0. The zero-order valence-corrected chi connectivity index (χ0v) is 16.7. The Morgan fingerprint density at radius 3 is 2.77 bits per heavy atom. The molecule has 1 unspecified atom stereocenters. The summed E-state index contributed by atoms with van der Waals surface area (Å²) in [6.45, 7) is 11.7. The number of nitrogens with zero attached hydrogens (tertiary/aromatic N) is 1. The molecule has 0 bridgehead atoms. The number of hydrogen-bond acceptors (Lipinski definition) is 3. The predicted octanol–water partition coefficient (Wildman–Crippen LogP) is 2.79. The van der Waals surface area contributed by atoms with Gasteiger partial charge in [0.2, 0.25) is 0 Å². The molecule has 0 aliphatic carbocycles. The van der Waals surface area contributed by atoms with Crippen molar-refractivity contribution in [2.45, 2.75) is 52.6 Å². The molecular weight excluding hydrogens is 393 g/mol. The van der Waals surface area contributed by atoms with E-state index in [4.69, 9.17) is 9.47 Å². The highest BCUT2D eigenvalue weighted by Gasteiger charge is 2.15. The molecule has 1 atom stereocenters. The second-order valence-corrected chi connectivity index (χ2v) is 5.93. The molecule has 1 heterocycles. The normalized spacial score (nSPS) is 18.4. The van der Waals surface area contributed by atoms with Crippen LogP contribution in [0.1, 0.15) is 46.5 Å². The number of guanidine groups is 1. The Hall–Kier alpha value is -0.0800. The van der Waals surface area contributed by atoms with E-state index in [1.807, 2.05) is 0 Å². The fourth-order valence-electron chi connectivity index (χ4n) is 2.21. The first-order valence-electron chi connectivity index (χ1n) is 8.44. The Labute approximate surface area is 153 Å². The Morgan fingerprint density at radius 2 is 2.14 bits per heavy atom. The first-order chi connectivity index (χ1) is 10.2. The molecule has 2 N–H and O–H groups in total. The molecule has 132 valence electrons. The van der Waals surface area contributed by atoms with Crippen LogP contribution in [-0.4, -0.2) is 51.5 Å². The summed E-state index contributed by atoms with van der Waals surface area (Å²) < 4.78 is 11.0. The lowest BCUT2D eigenvalue weighted by Gasteiger charge is -2.12. The SMILES string of the molecule is CCNC(=NCCCOC1CCOC1)NCCCC(C)C.I. The second-order valence-electron chi connectivity index (χ2n) is 5.93. The Kier molecular flexibility index (Phi) is 14.5. The summed E-state index contributed by atoms with van der Waals surface area (Å²) in [4.78, 5) is 4.58. The van der Waals surface area contributed by atoms with Crippen LogP contribution >= 0.6 is 24.0 Å². The van der Waals surface area contributed by atoms with Crippen LogP contribution in [0.5, 0.6) is 0 Å². The lowest BCUT2D eigenvalue weighted by atomic mass is 10.1. The fraction of sp³-hybridized carbons (Fsp3) is 0.938. The van der Waals surface area contributed by atoms with E-state index in [2.05, 4.69) is 36.4 Å². The molecule has 0 amide bonds. The summed E-state index contributed by atoms with van der Waals surface area (Å²) in [5, 5.41) is 6.67. The van der Waals surface area contributed by atoms with Crippen LogP contribution in [0.4, 0.5) is 0 Å². The van der Waals surface area contributed by atoms with Gasteiger partial charge in [0.25, 0.3) is 0 Å². The van der Waals surface area contributed by atoms with Crippen LogP contribution in [0.15, 0.2) is 4.99 Å². The zero-order valence-electron chi connectivity index (χ0n) is 14.4. The van der Waals surface area contributed by atoms with E-state index in [1.54, 1.807) is 0 Å². The van der Waals surface area contributed by atoms with Gasteiger partial charge < -0.3 is 20.1 Å². The predicted molar refractivity (Wildman–Crippen MR) is 103 cm³/mol. The molecule has 0 radical (unpaired) electrons. The van der Waals surface area contributed by atoms with Gasteiger partial charge in [-0.15, -0.1) is 24.0 Å². The van der Waals surface area contributed by atoms with Crippen molar-refractivity contribution in [1.82, 2.24) is 10.6 Å². The summed E-state index contributed by atoms with van der Waals surface area (Å²) in [5.74, 6) is 1.69. The zero-order chi connectivity index (χ0) is 15.3. The van der Waals surface area contributed by atoms with Crippen LogP contribution in [-0.2, 0) is 9.47 Å². The van der Waals surface area contributed by atoms with Gasteiger partial charge in [-0.3, -0.25) is 4.99 Å². The Morgan fingerprint density at radius 1 is 1.32 bits per heavy atom. The van der Waals surface area contributed by atoms with E-state index in [0.29, 0.717) is 6.10 Å². The minimum absolute atomic E-state index is 0. The lowest BCUT2D eigenvalue weighted by molar-refractivity contribution is 0.0424. The number of halogens is 1. The number of hydrogen-bond donors (Lipinski definition) is 2. The summed E-state index contributed by atoms with van der Waals surface area (Å²) in [5.41, 5.74) is 0. The molecule has 1 saturated heterocycles. The minimum atomic E-state index is 0. The van der Waals surface area contributed by atoms with Gasteiger partial charge in [0, 0.05) is 32.8 Å². The molecule has 22 heavy (non-hydrogen) atoms. The standard InChI is InChI=1S/C16H33N3O2.HI/c1-4-17-16(18-9-5-7-14(2)3)19-10-6-11-21-15-8-12-20-13-15;/h14-15H,4-13H2,1-3H3,(H2,17,18,19);1H. The molecule has 1 rings (SSSR count). The number of nitrogens with one attached hydrogen (secondary N) is 2. The third kappa shape index (κ3) is 11.5. The third-order valence-corrected chi connectivity index (χ3v) is 3.41. The van der Waals surface area contributed by atoms with E-state index in [1.165, 1.54) is 12.8 Å². The highest BCUT2D eigenvalue weighted by molar-refractivity contribution is 14.0. The fourth-order valence-corrected chi connectivity index (χ4v) is 2.21. The lowest BCUT2D eigenvalue weighted by Crippen LogP contribution is -2.38. The first-order valence-corrected chi connectivity index (χ1v) is 8.44. The average Bonchev–Trinajstić information content (AvgIpc) is 2.96. The van der Waals surface area contributed by atoms with Crippen LogP contribution in [0.25, 0.3) is 0 Å². The quantitative estimate of drug-likeness (QED) is 0.244. The molecular formula is C16H34IN3O2. The van der Waals surface area contributed by atoms with E-state index in [0.717, 1.165) is 64.2 Å². The molecule has 1 aliphatic rings. The van der Waals surface area contributed by atoms with Gasteiger partial charge in [0.15, 0.2) is 5.96 Å². The van der Waals surface area contributed by atoms with Crippen molar-refractivity contribution in [2.75, 3.05) is 39.5 Å². The second kappa shape index (κ2) is 14.5. The van der Waals surface area contributed by atoms with E-state index < -0.39 is 0 Å². The van der Waals surface area contributed by atoms with Gasteiger partial charge in [-0.2, -0.15) is 0 Å². The maximum absolute atomic E-state index is 5.73. The van der Waals surface area contributed by atoms with Crippen molar-refractivity contribution >= 4 is 29.9 Å². The molecule has 0 aromatic rings. The van der Waals surface area contributed by atoms with Crippen molar-refractivity contribution in [2.24, 2.45) is 10.9 Å². The maximum Gasteiger partial charge on any atom is 0.191 e. The molecule has 1 aliphatic heterocycles. The topological polar surface area (TPSA) is 54.9 Å². The van der Waals surface area contributed by atoms with Crippen molar-refractivity contribution in [3.63, 3.8) is 0 Å².